The molecule has 0 spiro atoms. The van der Waals surface area contributed by atoms with Crippen LogP contribution in [0, 0.1) is 13.8 Å². The average Bonchev–Trinajstić information content (AvgIpc) is 3.13. The highest BCUT2D eigenvalue weighted by atomic mass is 32.2. The first-order chi connectivity index (χ1) is 11.5. The van der Waals surface area contributed by atoms with Crippen LogP contribution in [0.2, 0.25) is 0 Å². The van der Waals surface area contributed by atoms with Crippen molar-refractivity contribution in [1.29, 1.82) is 0 Å². The lowest BCUT2D eigenvalue weighted by molar-refractivity contribution is -0.127. The molecule has 0 bridgehead atoms. The third kappa shape index (κ3) is 3.99. The number of hydrogen-bond donors (Lipinski definition) is 0. The van der Waals surface area contributed by atoms with Crippen LogP contribution in [0.25, 0.3) is 0 Å². The van der Waals surface area contributed by atoms with Crippen LogP contribution in [0.3, 0.4) is 0 Å². The molecule has 128 valence electrons. The minimum Gasteiger partial charge on any atom is -0.472 e. The van der Waals surface area contributed by atoms with Crippen LogP contribution >= 0.6 is 11.8 Å². The minimum absolute atomic E-state index is 0.0378. The van der Waals surface area contributed by atoms with E-state index in [1.165, 1.54) is 11.8 Å². The first kappa shape index (κ1) is 16.6. The number of thioether (sulfide) groups is 1. The summed E-state index contributed by atoms with van der Waals surface area (Å²) < 4.78 is 7.45. The van der Waals surface area contributed by atoms with Gasteiger partial charge in [0.25, 0.3) is 0 Å². The fourth-order valence-electron chi connectivity index (χ4n) is 2.53. The van der Waals surface area contributed by atoms with Crippen molar-refractivity contribution in [2.24, 2.45) is 7.05 Å². The van der Waals surface area contributed by atoms with Crippen LogP contribution in [-0.4, -0.2) is 65.9 Å². The molecule has 10 heteroatoms. The molecule has 2 aromatic heterocycles. The Kier molecular flexibility index (Phi) is 4.93. The number of rotatable bonds is 5. The highest BCUT2D eigenvalue weighted by Gasteiger charge is 2.28. The second-order valence-electron chi connectivity index (χ2n) is 5.64. The van der Waals surface area contributed by atoms with E-state index in [-0.39, 0.29) is 12.0 Å². The zero-order valence-electron chi connectivity index (χ0n) is 13.8. The molecule has 1 saturated heterocycles. The Morgan fingerprint density at radius 2 is 2.25 bits per heavy atom. The summed E-state index contributed by atoms with van der Waals surface area (Å²) in [5.41, 5.74) is 0.872. The van der Waals surface area contributed by atoms with Gasteiger partial charge in [0, 0.05) is 31.8 Å². The molecule has 1 amide bonds. The maximum absolute atomic E-state index is 12.3. The van der Waals surface area contributed by atoms with E-state index in [0.29, 0.717) is 35.7 Å². The SMILES string of the molecule is Cc1cc(OC2CCN(C(=O)CSc3nnnn3C)C2)nc(C)n1. The number of nitrogens with zero attached hydrogens (tertiary/aromatic N) is 7. The first-order valence-corrected chi connectivity index (χ1v) is 8.61. The third-order valence-corrected chi connectivity index (χ3v) is 4.63. The van der Waals surface area contributed by atoms with Crippen molar-refractivity contribution in [2.75, 3.05) is 18.8 Å². The number of likely N-dealkylation sites (tertiary alicyclic amines) is 1. The van der Waals surface area contributed by atoms with E-state index in [2.05, 4.69) is 25.5 Å². The molecular formula is C14H19N7O2S. The van der Waals surface area contributed by atoms with E-state index in [0.717, 1.165) is 12.1 Å². The van der Waals surface area contributed by atoms with Crippen molar-refractivity contribution in [2.45, 2.75) is 31.5 Å². The molecule has 1 aliphatic rings. The number of aromatic nitrogens is 6. The first-order valence-electron chi connectivity index (χ1n) is 7.63. The Bertz CT molecular complexity index is 715. The summed E-state index contributed by atoms with van der Waals surface area (Å²) >= 11 is 1.33. The zero-order valence-corrected chi connectivity index (χ0v) is 14.7. The molecule has 0 aromatic carbocycles. The largest absolute Gasteiger partial charge is 0.472 e. The molecule has 9 nitrogen and oxygen atoms in total. The lowest BCUT2D eigenvalue weighted by Crippen LogP contribution is -2.32. The number of hydrogen-bond acceptors (Lipinski definition) is 8. The summed E-state index contributed by atoms with van der Waals surface area (Å²) in [5.74, 6) is 1.62. The summed E-state index contributed by atoms with van der Waals surface area (Å²) in [6, 6.07) is 1.81. The fraction of sp³-hybridized carbons (Fsp3) is 0.571. The van der Waals surface area contributed by atoms with Gasteiger partial charge in [-0.25, -0.2) is 9.67 Å². The second-order valence-corrected chi connectivity index (χ2v) is 6.58. The van der Waals surface area contributed by atoms with E-state index in [4.69, 9.17) is 4.74 Å². The standard InChI is InChI=1S/C14H19N7O2S/c1-9-6-12(16-10(2)15-9)23-11-4-5-21(7-11)13(22)8-24-14-17-18-19-20(14)3/h6,11H,4-5,7-8H2,1-3H3. The summed E-state index contributed by atoms with van der Waals surface area (Å²) in [6.45, 7) is 5.00. The molecule has 1 aliphatic heterocycles. The van der Waals surface area contributed by atoms with E-state index in [1.807, 2.05) is 24.8 Å². The Balaban J connectivity index is 1.51. The molecule has 1 atom stereocenters. The molecule has 24 heavy (non-hydrogen) atoms. The molecule has 0 N–H and O–H groups in total. The van der Waals surface area contributed by atoms with Crippen LogP contribution < -0.4 is 4.74 Å². The van der Waals surface area contributed by atoms with Crippen molar-refractivity contribution in [1.82, 2.24) is 35.1 Å². The number of aryl methyl sites for hydroxylation is 3. The van der Waals surface area contributed by atoms with Crippen LogP contribution in [-0.2, 0) is 11.8 Å². The maximum Gasteiger partial charge on any atom is 0.233 e. The summed E-state index contributed by atoms with van der Waals surface area (Å²) in [5, 5.41) is 11.8. The predicted molar refractivity (Wildman–Crippen MR) is 86.6 cm³/mol. The quantitative estimate of drug-likeness (QED) is 0.715. The van der Waals surface area contributed by atoms with Crippen molar-refractivity contribution in [3.05, 3.63) is 17.6 Å². The molecule has 3 heterocycles. The Morgan fingerprint density at radius 1 is 1.42 bits per heavy atom. The molecule has 0 saturated carbocycles. The molecule has 0 radical (unpaired) electrons. The fourth-order valence-corrected chi connectivity index (χ4v) is 3.28. The number of carbonyl (C=O) groups excluding carboxylic acids is 1. The van der Waals surface area contributed by atoms with Gasteiger partial charge in [0.2, 0.25) is 16.9 Å². The predicted octanol–water partition coefficient (Wildman–Crippen LogP) is 0.389. The number of amides is 1. The smallest absolute Gasteiger partial charge is 0.233 e. The lowest BCUT2D eigenvalue weighted by atomic mass is 10.3. The van der Waals surface area contributed by atoms with E-state index in [9.17, 15) is 4.79 Å². The monoisotopic (exact) mass is 349 g/mol. The Morgan fingerprint density at radius 3 is 2.96 bits per heavy atom. The summed E-state index contributed by atoms with van der Waals surface area (Å²) in [4.78, 5) is 22.6. The molecule has 2 aromatic rings. The Labute approximate surface area is 143 Å². The van der Waals surface area contributed by atoms with Crippen LogP contribution in [0.15, 0.2) is 11.2 Å². The number of carbonyl (C=O) groups is 1. The van der Waals surface area contributed by atoms with Crippen molar-refractivity contribution < 1.29 is 9.53 Å². The van der Waals surface area contributed by atoms with Gasteiger partial charge in [-0.15, -0.1) is 5.10 Å². The third-order valence-electron chi connectivity index (χ3n) is 3.63. The van der Waals surface area contributed by atoms with Gasteiger partial charge in [-0.1, -0.05) is 11.8 Å². The summed E-state index contributed by atoms with van der Waals surface area (Å²) in [7, 11) is 1.75. The minimum atomic E-state index is -0.0378. The van der Waals surface area contributed by atoms with Crippen LogP contribution in [0.5, 0.6) is 5.88 Å². The van der Waals surface area contributed by atoms with Gasteiger partial charge in [0.15, 0.2) is 0 Å². The van der Waals surface area contributed by atoms with E-state index < -0.39 is 0 Å². The lowest BCUT2D eigenvalue weighted by Gasteiger charge is -2.16. The normalized spacial score (nSPS) is 17.3. The van der Waals surface area contributed by atoms with Crippen LogP contribution in [0.4, 0.5) is 0 Å². The molecule has 1 unspecified atom stereocenters. The van der Waals surface area contributed by atoms with Gasteiger partial charge in [-0.2, -0.15) is 4.98 Å². The van der Waals surface area contributed by atoms with Crippen molar-refractivity contribution in [3.63, 3.8) is 0 Å². The maximum atomic E-state index is 12.3. The highest BCUT2D eigenvalue weighted by molar-refractivity contribution is 7.99. The molecule has 1 fully saturated rings. The molecular weight excluding hydrogens is 330 g/mol. The highest BCUT2D eigenvalue weighted by Crippen LogP contribution is 2.19. The topological polar surface area (TPSA) is 98.9 Å². The van der Waals surface area contributed by atoms with Crippen LogP contribution in [0.1, 0.15) is 17.9 Å². The van der Waals surface area contributed by atoms with Gasteiger partial charge in [-0.05, 0) is 24.3 Å². The second kappa shape index (κ2) is 7.12. The van der Waals surface area contributed by atoms with Gasteiger partial charge < -0.3 is 9.64 Å². The van der Waals surface area contributed by atoms with E-state index in [1.54, 1.807) is 11.7 Å². The van der Waals surface area contributed by atoms with Gasteiger partial charge in [0.1, 0.15) is 11.9 Å². The number of ether oxygens (including phenoxy) is 1. The van der Waals surface area contributed by atoms with Gasteiger partial charge >= 0.3 is 0 Å². The van der Waals surface area contributed by atoms with Crippen molar-refractivity contribution >= 4 is 17.7 Å². The molecule has 3 rings (SSSR count). The van der Waals surface area contributed by atoms with Gasteiger partial charge in [0.05, 0.1) is 12.3 Å². The summed E-state index contributed by atoms with van der Waals surface area (Å²) in [6.07, 6.45) is 0.758. The van der Waals surface area contributed by atoms with Crippen molar-refractivity contribution in [3.8, 4) is 5.88 Å². The van der Waals surface area contributed by atoms with Gasteiger partial charge in [-0.3, -0.25) is 4.79 Å². The average molecular weight is 349 g/mol. The number of tetrazole rings is 1. The Hall–Kier alpha value is -2.23. The molecule has 0 aliphatic carbocycles. The zero-order chi connectivity index (χ0) is 17.1. The van der Waals surface area contributed by atoms with E-state index >= 15 is 0 Å².